The van der Waals surface area contributed by atoms with Crippen molar-refractivity contribution in [3.63, 3.8) is 0 Å². The zero-order chi connectivity index (χ0) is 30.8. The highest BCUT2D eigenvalue weighted by Gasteiger charge is 2.39. The van der Waals surface area contributed by atoms with Gasteiger partial charge in [-0.3, -0.25) is 4.79 Å². The number of pyridine rings is 1. The van der Waals surface area contributed by atoms with Crippen LogP contribution in [0.1, 0.15) is 57.8 Å². The van der Waals surface area contributed by atoms with Crippen LogP contribution in [0.5, 0.6) is 0 Å². The monoisotopic (exact) mass is 606 g/mol. The number of carbonyl (C=O) groups excluding carboxylic acids is 1. The Morgan fingerprint density at radius 2 is 1.84 bits per heavy atom. The molecule has 0 aliphatic carbocycles. The Kier molecular flexibility index (Phi) is 9.05. The fourth-order valence-corrected chi connectivity index (χ4v) is 7.46. The maximum Gasteiger partial charge on any atom is 0.243 e. The highest BCUT2D eigenvalue weighted by Crippen LogP contribution is 2.30. The summed E-state index contributed by atoms with van der Waals surface area (Å²) in [6.45, 7) is 8.28. The Bertz CT molecular complexity index is 1710. The van der Waals surface area contributed by atoms with Gasteiger partial charge in [-0.2, -0.15) is 4.31 Å². The second kappa shape index (κ2) is 12.6. The average molecular weight is 607 g/mol. The summed E-state index contributed by atoms with van der Waals surface area (Å²) < 4.78 is 35.8. The summed E-state index contributed by atoms with van der Waals surface area (Å²) in [6, 6.07) is 14.2. The predicted molar refractivity (Wildman–Crippen MR) is 169 cm³/mol. The summed E-state index contributed by atoms with van der Waals surface area (Å²) in [7, 11) is -2.11. The van der Waals surface area contributed by atoms with Crippen LogP contribution >= 0.6 is 0 Å². The van der Waals surface area contributed by atoms with Crippen LogP contribution in [-0.2, 0) is 37.9 Å². The second-order valence-electron chi connectivity index (χ2n) is 12.2. The Morgan fingerprint density at radius 3 is 2.56 bits per heavy atom. The number of para-hydroxylation sites is 1. The molecule has 3 N–H and O–H groups in total. The zero-order valence-corrected chi connectivity index (χ0v) is 26.3. The summed E-state index contributed by atoms with van der Waals surface area (Å²) in [5, 5.41) is 3.98. The van der Waals surface area contributed by atoms with E-state index in [-0.39, 0.29) is 16.2 Å². The standard InChI is InChI=1S/C32H42N6O4S/c1-32(2,3)22-13-15-23(16-14-22)43(40,41)38-20-9-12-26(38)31(39)34-18-7-8-19-37-27(17-21-42-4)36-28-29(37)24-10-5-6-11-25(24)35-30(28)33/h5-6,10-11,13-16,26H,7-9,12,17-21H2,1-4H3,(H2,33,35)(H,34,39)/t26-/m1/s1. The number of aromatic nitrogens is 3. The number of nitrogens with zero attached hydrogens (tertiary/aromatic N) is 4. The number of fused-ring (bicyclic) bond motifs is 3. The van der Waals surface area contributed by atoms with Gasteiger partial charge in [0.15, 0.2) is 5.82 Å². The van der Waals surface area contributed by atoms with Gasteiger partial charge in [0.05, 0.1) is 22.5 Å². The lowest BCUT2D eigenvalue weighted by atomic mass is 9.87. The molecular formula is C32H42N6O4S. The number of hydrogen-bond donors (Lipinski definition) is 2. The molecule has 0 spiro atoms. The number of imidazole rings is 1. The molecule has 1 amide bonds. The molecule has 230 valence electrons. The molecule has 0 unspecified atom stereocenters. The fraction of sp³-hybridized carbons (Fsp3) is 0.469. The van der Waals surface area contributed by atoms with E-state index in [4.69, 9.17) is 15.5 Å². The predicted octanol–water partition coefficient (Wildman–Crippen LogP) is 4.40. The van der Waals surface area contributed by atoms with E-state index in [1.165, 1.54) is 4.31 Å². The van der Waals surface area contributed by atoms with Crippen molar-refractivity contribution in [2.75, 3.05) is 32.5 Å². The van der Waals surface area contributed by atoms with Gasteiger partial charge < -0.3 is 20.4 Å². The van der Waals surface area contributed by atoms with Gasteiger partial charge in [-0.1, -0.05) is 51.1 Å². The number of nitrogens with one attached hydrogen (secondary N) is 1. The van der Waals surface area contributed by atoms with Crippen LogP contribution in [-0.4, -0.2) is 66.0 Å². The van der Waals surface area contributed by atoms with Crippen molar-refractivity contribution in [3.05, 3.63) is 59.9 Å². The van der Waals surface area contributed by atoms with E-state index in [1.807, 2.05) is 36.4 Å². The Balaban J connectivity index is 1.23. The molecule has 0 radical (unpaired) electrons. The van der Waals surface area contributed by atoms with Crippen molar-refractivity contribution in [1.82, 2.24) is 24.2 Å². The van der Waals surface area contributed by atoms with Crippen LogP contribution in [0.4, 0.5) is 5.82 Å². The number of sulfonamides is 1. The van der Waals surface area contributed by atoms with Gasteiger partial charge in [0.25, 0.3) is 0 Å². The van der Waals surface area contributed by atoms with Crippen LogP contribution in [0.3, 0.4) is 0 Å². The number of methoxy groups -OCH3 is 1. The molecule has 1 aliphatic rings. The molecule has 10 nitrogen and oxygen atoms in total. The largest absolute Gasteiger partial charge is 0.384 e. The quantitative estimate of drug-likeness (QED) is 0.242. The van der Waals surface area contributed by atoms with Crippen molar-refractivity contribution in [1.29, 1.82) is 0 Å². The lowest BCUT2D eigenvalue weighted by Gasteiger charge is -2.24. The summed E-state index contributed by atoms with van der Waals surface area (Å²) in [4.78, 5) is 22.8. The number of nitrogen functional groups attached to an aromatic ring is 1. The minimum atomic E-state index is -3.78. The van der Waals surface area contributed by atoms with Gasteiger partial charge in [-0.05, 0) is 54.9 Å². The molecule has 1 fully saturated rings. The fourth-order valence-electron chi connectivity index (χ4n) is 5.81. The third kappa shape index (κ3) is 6.39. The van der Waals surface area contributed by atoms with E-state index >= 15 is 0 Å². The Hall–Kier alpha value is -3.54. The van der Waals surface area contributed by atoms with Gasteiger partial charge in [0.1, 0.15) is 17.4 Å². The highest BCUT2D eigenvalue weighted by atomic mass is 32.2. The van der Waals surface area contributed by atoms with Crippen LogP contribution in [0.2, 0.25) is 0 Å². The normalized spacial score (nSPS) is 16.3. The van der Waals surface area contributed by atoms with Crippen molar-refractivity contribution < 1.29 is 17.9 Å². The maximum absolute atomic E-state index is 13.5. The number of aryl methyl sites for hydroxylation is 1. The third-order valence-corrected chi connectivity index (χ3v) is 10.1. The minimum absolute atomic E-state index is 0.0762. The van der Waals surface area contributed by atoms with E-state index < -0.39 is 16.1 Å². The number of nitrogens with two attached hydrogens (primary N) is 1. The number of amides is 1. The van der Waals surface area contributed by atoms with Gasteiger partial charge in [-0.15, -0.1) is 0 Å². The van der Waals surface area contributed by atoms with E-state index in [9.17, 15) is 13.2 Å². The van der Waals surface area contributed by atoms with E-state index in [0.29, 0.717) is 56.8 Å². The molecule has 1 saturated heterocycles. The molecule has 2 aromatic carbocycles. The lowest BCUT2D eigenvalue weighted by molar-refractivity contribution is -0.124. The first-order valence-corrected chi connectivity index (χ1v) is 16.4. The molecule has 43 heavy (non-hydrogen) atoms. The number of rotatable bonds is 11. The van der Waals surface area contributed by atoms with Crippen molar-refractivity contribution in [2.45, 2.75) is 75.8 Å². The molecule has 0 bridgehead atoms. The van der Waals surface area contributed by atoms with Crippen LogP contribution < -0.4 is 11.1 Å². The molecular weight excluding hydrogens is 564 g/mol. The SMILES string of the molecule is COCCc1nc2c(N)nc3ccccc3c2n1CCCCNC(=O)[C@H]1CCCN1S(=O)(=O)c1ccc(C(C)(C)C)cc1. The molecule has 0 saturated carbocycles. The van der Waals surface area contributed by atoms with Crippen molar-refractivity contribution in [2.24, 2.45) is 0 Å². The number of hydrogen-bond acceptors (Lipinski definition) is 7. The lowest BCUT2D eigenvalue weighted by Crippen LogP contribution is -2.46. The van der Waals surface area contributed by atoms with Crippen molar-refractivity contribution in [3.8, 4) is 0 Å². The van der Waals surface area contributed by atoms with Gasteiger partial charge in [0, 0.05) is 38.6 Å². The molecule has 1 atom stereocenters. The van der Waals surface area contributed by atoms with Crippen LogP contribution in [0.25, 0.3) is 21.9 Å². The first kappa shape index (κ1) is 30.9. The molecule has 4 aromatic rings. The first-order valence-electron chi connectivity index (χ1n) is 14.9. The number of benzene rings is 2. The molecule has 11 heteroatoms. The van der Waals surface area contributed by atoms with Crippen molar-refractivity contribution >= 4 is 43.7 Å². The summed E-state index contributed by atoms with van der Waals surface area (Å²) in [5.41, 5.74) is 9.74. The topological polar surface area (TPSA) is 132 Å². The average Bonchev–Trinajstić information content (AvgIpc) is 3.62. The van der Waals surface area contributed by atoms with E-state index in [1.54, 1.807) is 19.2 Å². The Labute approximate surface area is 253 Å². The number of anilines is 1. The minimum Gasteiger partial charge on any atom is -0.384 e. The molecule has 1 aliphatic heterocycles. The molecule has 2 aromatic heterocycles. The van der Waals surface area contributed by atoms with Gasteiger partial charge in [0.2, 0.25) is 15.9 Å². The van der Waals surface area contributed by atoms with Crippen LogP contribution in [0.15, 0.2) is 53.4 Å². The van der Waals surface area contributed by atoms with E-state index in [2.05, 4.69) is 35.6 Å². The number of unbranched alkanes of at least 4 members (excludes halogenated alkanes) is 1. The smallest absolute Gasteiger partial charge is 0.243 e. The number of carbonyl (C=O) groups is 1. The summed E-state index contributed by atoms with van der Waals surface area (Å²) >= 11 is 0. The first-order chi connectivity index (χ1) is 20.5. The summed E-state index contributed by atoms with van der Waals surface area (Å²) in [6.07, 6.45) is 3.32. The summed E-state index contributed by atoms with van der Waals surface area (Å²) in [5.74, 6) is 1.04. The zero-order valence-electron chi connectivity index (χ0n) is 25.5. The van der Waals surface area contributed by atoms with Gasteiger partial charge in [-0.25, -0.2) is 18.4 Å². The Morgan fingerprint density at radius 1 is 1.09 bits per heavy atom. The second-order valence-corrected chi connectivity index (χ2v) is 14.1. The molecule has 5 rings (SSSR count). The van der Waals surface area contributed by atoms with Crippen LogP contribution in [0, 0.1) is 0 Å². The maximum atomic E-state index is 13.5. The molecule has 3 heterocycles. The highest BCUT2D eigenvalue weighted by molar-refractivity contribution is 7.89. The van der Waals surface area contributed by atoms with Gasteiger partial charge >= 0.3 is 0 Å². The third-order valence-electron chi connectivity index (χ3n) is 8.16. The van der Waals surface area contributed by atoms with E-state index in [0.717, 1.165) is 40.6 Å². The number of ether oxygens (including phenoxy) is 1.